The Bertz CT molecular complexity index is 1460. The Morgan fingerprint density at radius 1 is 1.08 bits per heavy atom. The summed E-state index contributed by atoms with van der Waals surface area (Å²) in [6.45, 7) is 7.84. The second-order valence-corrected chi connectivity index (χ2v) is 12.1. The molecule has 0 aromatic carbocycles. The monoisotopic (exact) mass is 529 g/mol. The lowest BCUT2D eigenvalue weighted by Crippen LogP contribution is -2.38. The zero-order chi connectivity index (χ0) is 25.4. The number of ether oxygens (including phenoxy) is 1. The maximum absolute atomic E-state index is 11.6. The Morgan fingerprint density at radius 2 is 1.81 bits per heavy atom. The number of anilines is 1. The Kier molecular flexibility index (Phi) is 6.60. The Labute approximate surface area is 212 Å². The molecule has 0 N–H and O–H groups in total. The van der Waals surface area contributed by atoms with Crippen molar-refractivity contribution >= 4 is 37.5 Å². The minimum Gasteiger partial charge on any atom is -0.467 e. The highest BCUT2D eigenvalue weighted by Crippen LogP contribution is 2.32. The van der Waals surface area contributed by atoms with Crippen molar-refractivity contribution in [2.24, 2.45) is 5.92 Å². The van der Waals surface area contributed by atoms with E-state index >= 15 is 0 Å². The summed E-state index contributed by atoms with van der Waals surface area (Å²) in [4.78, 5) is 24.5. The molecule has 4 aromatic heterocycles. The van der Waals surface area contributed by atoms with Crippen molar-refractivity contribution in [1.82, 2.24) is 30.1 Å². The molecule has 0 unspecified atom stereocenters. The van der Waals surface area contributed by atoms with E-state index in [9.17, 15) is 8.42 Å². The Morgan fingerprint density at radius 3 is 2.44 bits per heavy atom. The van der Waals surface area contributed by atoms with Gasteiger partial charge in [0.15, 0.2) is 5.82 Å². The van der Waals surface area contributed by atoms with Crippen LogP contribution in [0.4, 0.5) is 6.01 Å². The van der Waals surface area contributed by atoms with E-state index in [1.54, 1.807) is 0 Å². The van der Waals surface area contributed by atoms with Crippen molar-refractivity contribution < 1.29 is 17.7 Å². The van der Waals surface area contributed by atoms with Crippen LogP contribution >= 0.6 is 11.3 Å². The average molecular weight is 530 g/mol. The third kappa shape index (κ3) is 5.16. The van der Waals surface area contributed by atoms with Crippen LogP contribution in [0.1, 0.15) is 45.4 Å². The molecule has 1 fully saturated rings. The molecular weight excluding hydrogens is 502 g/mol. The number of thiazole rings is 1. The summed E-state index contributed by atoms with van der Waals surface area (Å²) >= 11 is 1.38. The van der Waals surface area contributed by atoms with E-state index in [0.717, 1.165) is 48.4 Å². The Balaban J connectivity index is 1.22. The molecule has 36 heavy (non-hydrogen) atoms. The van der Waals surface area contributed by atoms with Crippen molar-refractivity contribution in [3.8, 4) is 16.5 Å². The standard InChI is InChI=1S/C23H27N7O4S2/c1-13(2)19-28-22(34-29-19)30-9-7-15(8-10-30)14(3)33-23-27-18-6-5-17(26-20(18)35-23)16-11-24-21(25-12-16)36(4,31)32/h5-6,11-15H,7-10H2,1-4H3/t14-/m0/s1. The lowest BCUT2D eigenvalue weighted by atomic mass is 9.92. The lowest BCUT2D eigenvalue weighted by molar-refractivity contribution is 0.131. The van der Waals surface area contributed by atoms with E-state index in [1.807, 2.05) is 26.0 Å². The molecule has 0 radical (unpaired) electrons. The van der Waals surface area contributed by atoms with Crippen LogP contribution in [0.2, 0.25) is 0 Å². The van der Waals surface area contributed by atoms with Crippen molar-refractivity contribution in [1.29, 1.82) is 0 Å². The van der Waals surface area contributed by atoms with Crippen LogP contribution in [0.15, 0.2) is 34.2 Å². The van der Waals surface area contributed by atoms with Gasteiger partial charge in [-0.1, -0.05) is 30.3 Å². The molecular formula is C23H27N7O4S2. The zero-order valence-corrected chi connectivity index (χ0v) is 22.1. The number of piperidine rings is 1. The van der Waals surface area contributed by atoms with Gasteiger partial charge in [-0.05, 0) is 37.8 Å². The molecule has 0 bridgehead atoms. The van der Waals surface area contributed by atoms with Gasteiger partial charge in [0.05, 0.1) is 5.69 Å². The summed E-state index contributed by atoms with van der Waals surface area (Å²) in [5.74, 6) is 1.35. The number of aromatic nitrogens is 6. The fourth-order valence-corrected chi connectivity index (χ4v) is 5.41. The summed E-state index contributed by atoms with van der Waals surface area (Å²) < 4.78 is 34.8. The first-order valence-electron chi connectivity index (χ1n) is 11.7. The molecule has 5 rings (SSSR count). The summed E-state index contributed by atoms with van der Waals surface area (Å²) in [6.07, 6.45) is 5.91. The van der Waals surface area contributed by atoms with Crippen molar-refractivity contribution in [2.45, 2.75) is 50.8 Å². The van der Waals surface area contributed by atoms with Gasteiger partial charge in [-0.25, -0.2) is 28.4 Å². The number of hydrogen-bond donors (Lipinski definition) is 0. The van der Waals surface area contributed by atoms with E-state index in [2.05, 4.69) is 41.9 Å². The molecule has 11 nitrogen and oxygen atoms in total. The molecule has 1 aliphatic rings. The van der Waals surface area contributed by atoms with Gasteiger partial charge in [0.1, 0.15) is 16.5 Å². The Hall–Kier alpha value is -3.19. The fourth-order valence-electron chi connectivity index (χ4n) is 4.05. The fraction of sp³-hybridized carbons (Fsp3) is 0.478. The van der Waals surface area contributed by atoms with Gasteiger partial charge in [0, 0.05) is 43.2 Å². The van der Waals surface area contributed by atoms with E-state index < -0.39 is 9.84 Å². The smallest absolute Gasteiger partial charge is 0.324 e. The first-order valence-corrected chi connectivity index (χ1v) is 14.4. The topological polar surface area (TPSA) is 137 Å². The molecule has 0 aliphatic carbocycles. The van der Waals surface area contributed by atoms with E-state index in [1.165, 1.54) is 23.7 Å². The molecule has 13 heteroatoms. The second-order valence-electron chi connectivity index (χ2n) is 9.26. The summed E-state index contributed by atoms with van der Waals surface area (Å²) in [5, 5.41) is 4.43. The minimum absolute atomic E-state index is 0.00182. The van der Waals surface area contributed by atoms with Crippen LogP contribution < -0.4 is 9.64 Å². The predicted octanol–water partition coefficient (Wildman–Crippen LogP) is 3.74. The maximum atomic E-state index is 11.6. The van der Waals surface area contributed by atoms with Gasteiger partial charge < -0.3 is 14.2 Å². The molecule has 5 heterocycles. The van der Waals surface area contributed by atoms with Crippen molar-refractivity contribution in [3.05, 3.63) is 30.4 Å². The minimum atomic E-state index is -3.45. The van der Waals surface area contributed by atoms with E-state index in [-0.39, 0.29) is 17.2 Å². The normalized spacial score (nSPS) is 16.1. The molecule has 0 saturated carbocycles. The van der Waals surface area contributed by atoms with E-state index in [0.29, 0.717) is 28.4 Å². The van der Waals surface area contributed by atoms with E-state index in [4.69, 9.17) is 9.26 Å². The van der Waals surface area contributed by atoms with Crippen LogP contribution in [-0.2, 0) is 9.84 Å². The average Bonchev–Trinajstić information content (AvgIpc) is 3.50. The van der Waals surface area contributed by atoms with Crippen LogP contribution in [0.3, 0.4) is 0 Å². The molecule has 0 spiro atoms. The molecule has 190 valence electrons. The van der Waals surface area contributed by atoms with Crippen LogP contribution in [0.25, 0.3) is 21.6 Å². The molecule has 0 amide bonds. The second kappa shape index (κ2) is 9.69. The zero-order valence-electron chi connectivity index (χ0n) is 20.4. The third-order valence-electron chi connectivity index (χ3n) is 6.20. The highest BCUT2D eigenvalue weighted by Gasteiger charge is 2.28. The van der Waals surface area contributed by atoms with Gasteiger partial charge in [0.25, 0.3) is 5.19 Å². The number of hydrogen-bond acceptors (Lipinski definition) is 12. The van der Waals surface area contributed by atoms with Gasteiger partial charge in [0.2, 0.25) is 15.0 Å². The SMILES string of the molecule is CC(C)c1noc(N2CCC([C@H](C)Oc3nc4ccc(-c5cnc(S(C)(=O)=O)nc5)nc4s3)CC2)n1. The third-order valence-corrected chi connectivity index (χ3v) is 7.93. The number of rotatable bonds is 7. The highest BCUT2D eigenvalue weighted by atomic mass is 32.2. The first-order chi connectivity index (χ1) is 17.2. The molecule has 4 aromatic rings. The van der Waals surface area contributed by atoms with Crippen molar-refractivity contribution in [2.75, 3.05) is 24.2 Å². The quantitative estimate of drug-likeness (QED) is 0.324. The van der Waals surface area contributed by atoms with Crippen LogP contribution in [0.5, 0.6) is 5.19 Å². The molecule has 1 aliphatic heterocycles. The van der Waals surface area contributed by atoms with Crippen molar-refractivity contribution in [3.63, 3.8) is 0 Å². The largest absolute Gasteiger partial charge is 0.467 e. The molecule has 1 atom stereocenters. The number of pyridine rings is 1. The number of sulfone groups is 1. The predicted molar refractivity (Wildman–Crippen MR) is 135 cm³/mol. The number of fused-ring (bicyclic) bond motifs is 1. The van der Waals surface area contributed by atoms with Crippen LogP contribution in [-0.4, -0.2) is 63.9 Å². The highest BCUT2D eigenvalue weighted by molar-refractivity contribution is 7.90. The summed E-state index contributed by atoms with van der Waals surface area (Å²) in [5.41, 5.74) is 2.01. The van der Waals surface area contributed by atoms with Gasteiger partial charge in [-0.2, -0.15) is 4.98 Å². The van der Waals surface area contributed by atoms with Gasteiger partial charge >= 0.3 is 6.01 Å². The summed E-state index contributed by atoms with van der Waals surface area (Å²) in [7, 11) is -3.45. The van der Waals surface area contributed by atoms with Crippen LogP contribution in [0, 0.1) is 5.92 Å². The summed E-state index contributed by atoms with van der Waals surface area (Å²) in [6, 6.07) is 4.27. The molecule has 1 saturated heterocycles. The first kappa shape index (κ1) is 24.5. The van der Waals surface area contributed by atoms with Gasteiger partial charge in [-0.15, -0.1) is 0 Å². The lowest BCUT2D eigenvalue weighted by Gasteiger charge is -2.33. The number of nitrogens with zero attached hydrogens (tertiary/aromatic N) is 7. The van der Waals surface area contributed by atoms with Gasteiger partial charge in [-0.3, -0.25) is 0 Å². The maximum Gasteiger partial charge on any atom is 0.324 e.